The van der Waals surface area contributed by atoms with Crippen LogP contribution in [0.2, 0.25) is 0 Å². The van der Waals surface area contributed by atoms with Gasteiger partial charge in [-0.2, -0.15) is 15.4 Å². The maximum Gasteiger partial charge on any atom is 0.251 e. The molecule has 1 heterocycles. The van der Waals surface area contributed by atoms with Gasteiger partial charge in [0.25, 0.3) is 5.91 Å². The van der Waals surface area contributed by atoms with Gasteiger partial charge in [-0.25, -0.2) is 0 Å². The zero-order chi connectivity index (χ0) is 17.8. The minimum absolute atomic E-state index is 0.112. The van der Waals surface area contributed by atoms with Crippen molar-refractivity contribution < 1.29 is 4.79 Å². The molecular formula is C21H18N4O. The highest BCUT2D eigenvalue weighted by Gasteiger charge is 2.17. The van der Waals surface area contributed by atoms with Gasteiger partial charge in [0.2, 0.25) is 0 Å². The Morgan fingerprint density at radius 1 is 0.885 bits per heavy atom. The van der Waals surface area contributed by atoms with E-state index in [1.807, 2.05) is 48.5 Å². The van der Waals surface area contributed by atoms with E-state index in [4.69, 9.17) is 0 Å². The van der Waals surface area contributed by atoms with Crippen LogP contribution in [0.3, 0.4) is 0 Å². The zero-order valence-corrected chi connectivity index (χ0v) is 14.1. The van der Waals surface area contributed by atoms with Crippen molar-refractivity contribution in [1.82, 2.24) is 20.7 Å². The molecule has 2 N–H and O–H groups in total. The van der Waals surface area contributed by atoms with Crippen LogP contribution in [-0.2, 0) is 6.42 Å². The smallest absolute Gasteiger partial charge is 0.251 e. The van der Waals surface area contributed by atoms with Crippen LogP contribution < -0.4 is 5.32 Å². The molecule has 0 saturated heterocycles. The number of hydrogen-bond acceptors (Lipinski definition) is 3. The number of nitrogens with zero attached hydrogens (tertiary/aromatic N) is 2. The molecule has 128 valence electrons. The fourth-order valence-electron chi connectivity index (χ4n) is 3.01. The van der Waals surface area contributed by atoms with Crippen molar-refractivity contribution >= 4 is 16.9 Å². The van der Waals surface area contributed by atoms with Crippen LogP contribution in [0.15, 0.2) is 78.9 Å². The highest BCUT2D eigenvalue weighted by molar-refractivity contribution is 5.97. The molecule has 0 unspecified atom stereocenters. The number of amides is 1. The van der Waals surface area contributed by atoms with Gasteiger partial charge in [0.05, 0.1) is 6.04 Å². The lowest BCUT2D eigenvalue weighted by Crippen LogP contribution is -2.30. The average molecular weight is 342 g/mol. The predicted octanol–water partition coefficient (Wildman–Crippen LogP) is 3.67. The molecule has 0 saturated carbocycles. The van der Waals surface area contributed by atoms with Gasteiger partial charge in [-0.05, 0) is 35.7 Å². The predicted molar refractivity (Wildman–Crippen MR) is 101 cm³/mol. The van der Waals surface area contributed by atoms with Crippen molar-refractivity contribution in [3.63, 3.8) is 0 Å². The summed E-state index contributed by atoms with van der Waals surface area (Å²) in [6.07, 6.45) is 0.725. The number of benzene rings is 3. The Balaban J connectivity index is 1.60. The Labute approximate surface area is 151 Å². The Bertz CT molecular complexity index is 1010. The number of fused-ring (bicyclic) bond motifs is 1. The van der Waals surface area contributed by atoms with Crippen LogP contribution in [0.25, 0.3) is 11.0 Å². The van der Waals surface area contributed by atoms with Gasteiger partial charge in [0.1, 0.15) is 11.0 Å². The van der Waals surface area contributed by atoms with Gasteiger partial charge in [0, 0.05) is 5.56 Å². The SMILES string of the molecule is O=C(N[C@H](Cc1ccccc1)c1ccccc1)c1ccc2n[nH]nc2c1. The molecule has 1 atom stereocenters. The van der Waals surface area contributed by atoms with Crippen LogP contribution >= 0.6 is 0 Å². The summed E-state index contributed by atoms with van der Waals surface area (Å²) in [6.45, 7) is 0. The van der Waals surface area contributed by atoms with E-state index in [9.17, 15) is 4.79 Å². The second-order valence-corrected chi connectivity index (χ2v) is 6.15. The summed E-state index contributed by atoms with van der Waals surface area (Å²) in [7, 11) is 0. The Morgan fingerprint density at radius 2 is 1.58 bits per heavy atom. The topological polar surface area (TPSA) is 70.7 Å². The first-order valence-electron chi connectivity index (χ1n) is 8.50. The number of nitrogens with one attached hydrogen (secondary N) is 2. The molecule has 1 amide bonds. The molecule has 5 heteroatoms. The fraction of sp³-hybridized carbons (Fsp3) is 0.0952. The number of hydrogen-bond donors (Lipinski definition) is 2. The molecule has 1 aromatic heterocycles. The largest absolute Gasteiger partial charge is 0.345 e. The summed E-state index contributed by atoms with van der Waals surface area (Å²) in [4.78, 5) is 12.8. The maximum absolute atomic E-state index is 12.8. The maximum atomic E-state index is 12.8. The minimum atomic E-state index is -0.125. The second kappa shape index (κ2) is 7.19. The van der Waals surface area contributed by atoms with E-state index in [0.29, 0.717) is 11.1 Å². The quantitative estimate of drug-likeness (QED) is 0.581. The lowest BCUT2D eigenvalue weighted by molar-refractivity contribution is 0.0936. The van der Waals surface area contributed by atoms with Gasteiger partial charge in [-0.1, -0.05) is 60.7 Å². The van der Waals surface area contributed by atoms with Crippen LogP contribution in [0.4, 0.5) is 0 Å². The summed E-state index contributed by atoms with van der Waals surface area (Å²) in [5.74, 6) is -0.125. The first-order chi connectivity index (χ1) is 12.8. The van der Waals surface area contributed by atoms with Crippen molar-refractivity contribution in [1.29, 1.82) is 0 Å². The van der Waals surface area contributed by atoms with E-state index in [2.05, 4.69) is 32.9 Å². The van der Waals surface area contributed by atoms with Crippen LogP contribution in [0, 0.1) is 0 Å². The number of rotatable bonds is 5. The number of carbonyl (C=O) groups is 1. The summed E-state index contributed by atoms with van der Waals surface area (Å²) in [5, 5.41) is 13.8. The van der Waals surface area contributed by atoms with E-state index >= 15 is 0 Å². The number of H-pyrrole nitrogens is 1. The molecule has 26 heavy (non-hydrogen) atoms. The van der Waals surface area contributed by atoms with Crippen LogP contribution in [0.1, 0.15) is 27.5 Å². The summed E-state index contributed by atoms with van der Waals surface area (Å²) >= 11 is 0. The van der Waals surface area contributed by atoms with Gasteiger partial charge in [-0.15, -0.1) is 0 Å². The van der Waals surface area contributed by atoms with Gasteiger partial charge in [-0.3, -0.25) is 4.79 Å². The highest BCUT2D eigenvalue weighted by Crippen LogP contribution is 2.20. The molecular weight excluding hydrogens is 324 g/mol. The third-order valence-electron chi connectivity index (χ3n) is 4.37. The molecule has 0 spiro atoms. The van der Waals surface area contributed by atoms with Crippen molar-refractivity contribution in [3.8, 4) is 0 Å². The molecule has 0 aliphatic carbocycles. The molecule has 3 aromatic carbocycles. The van der Waals surface area contributed by atoms with Crippen LogP contribution in [-0.4, -0.2) is 21.3 Å². The van der Waals surface area contributed by atoms with E-state index in [-0.39, 0.29) is 11.9 Å². The van der Waals surface area contributed by atoms with E-state index < -0.39 is 0 Å². The number of carbonyl (C=O) groups excluding carboxylic acids is 1. The Kier molecular flexibility index (Phi) is 4.43. The molecule has 0 radical (unpaired) electrons. The highest BCUT2D eigenvalue weighted by atomic mass is 16.1. The third-order valence-corrected chi connectivity index (χ3v) is 4.37. The Hall–Kier alpha value is -3.47. The van der Waals surface area contributed by atoms with Crippen molar-refractivity contribution in [2.24, 2.45) is 0 Å². The normalized spacial score (nSPS) is 12.0. The number of aromatic nitrogens is 3. The first kappa shape index (κ1) is 16.0. The first-order valence-corrected chi connectivity index (χ1v) is 8.50. The minimum Gasteiger partial charge on any atom is -0.345 e. The van der Waals surface area contributed by atoms with E-state index in [1.165, 1.54) is 5.56 Å². The third kappa shape index (κ3) is 3.47. The molecule has 0 aliphatic heterocycles. The Morgan fingerprint density at radius 3 is 2.35 bits per heavy atom. The molecule has 4 rings (SSSR count). The fourth-order valence-corrected chi connectivity index (χ4v) is 3.01. The number of aromatic amines is 1. The molecule has 0 bridgehead atoms. The zero-order valence-electron chi connectivity index (χ0n) is 14.1. The van der Waals surface area contributed by atoms with E-state index in [1.54, 1.807) is 18.2 Å². The lowest BCUT2D eigenvalue weighted by atomic mass is 9.98. The molecule has 0 aliphatic rings. The van der Waals surface area contributed by atoms with Gasteiger partial charge >= 0.3 is 0 Å². The lowest BCUT2D eigenvalue weighted by Gasteiger charge is -2.19. The summed E-state index contributed by atoms with van der Waals surface area (Å²) in [5.41, 5.74) is 4.24. The molecule has 5 nitrogen and oxygen atoms in total. The summed E-state index contributed by atoms with van der Waals surface area (Å²) in [6, 6.07) is 25.4. The standard InChI is InChI=1S/C21H18N4O/c26-21(17-11-12-18-20(14-17)24-25-23-18)22-19(16-9-5-2-6-10-16)13-15-7-3-1-4-8-15/h1-12,14,19H,13H2,(H,22,26)(H,23,24,25)/t19-/m1/s1. The van der Waals surface area contributed by atoms with Gasteiger partial charge in [0.15, 0.2) is 0 Å². The van der Waals surface area contributed by atoms with E-state index in [0.717, 1.165) is 17.5 Å². The molecule has 0 fully saturated rings. The van der Waals surface area contributed by atoms with Crippen LogP contribution in [0.5, 0.6) is 0 Å². The monoisotopic (exact) mass is 342 g/mol. The van der Waals surface area contributed by atoms with Crippen molar-refractivity contribution in [2.75, 3.05) is 0 Å². The molecule has 4 aromatic rings. The second-order valence-electron chi connectivity index (χ2n) is 6.15. The van der Waals surface area contributed by atoms with Crippen molar-refractivity contribution in [2.45, 2.75) is 12.5 Å². The van der Waals surface area contributed by atoms with Gasteiger partial charge < -0.3 is 5.32 Å². The average Bonchev–Trinajstić information content (AvgIpc) is 3.17. The summed E-state index contributed by atoms with van der Waals surface area (Å²) < 4.78 is 0. The van der Waals surface area contributed by atoms with Crippen molar-refractivity contribution in [3.05, 3.63) is 95.6 Å².